The number of carbonyl (C=O) groups is 1. The topological polar surface area (TPSA) is 81.6 Å². The van der Waals surface area contributed by atoms with Gasteiger partial charge in [0.15, 0.2) is 5.58 Å². The highest BCUT2D eigenvalue weighted by Crippen LogP contribution is 2.48. The van der Waals surface area contributed by atoms with Crippen molar-refractivity contribution in [3.63, 3.8) is 0 Å². The highest BCUT2D eigenvalue weighted by atomic mass is 16.4. The van der Waals surface area contributed by atoms with Crippen LogP contribution in [-0.2, 0) is 6.54 Å². The molecule has 2 N–H and O–H groups in total. The Kier molecular flexibility index (Phi) is 3.90. The number of hydrogen-bond acceptors (Lipinski definition) is 5. The Morgan fingerprint density at radius 3 is 2.74 bits per heavy atom. The van der Waals surface area contributed by atoms with E-state index in [9.17, 15) is 9.59 Å². The van der Waals surface area contributed by atoms with Crippen LogP contribution in [0.1, 0.15) is 47.3 Å². The molecule has 1 spiro atoms. The number of benzene rings is 2. The smallest absolute Gasteiger partial charge is 0.408 e. The third kappa shape index (κ3) is 2.98. The van der Waals surface area contributed by atoms with Gasteiger partial charge in [0.25, 0.3) is 5.91 Å². The molecule has 1 amide bonds. The molecule has 1 saturated carbocycles. The van der Waals surface area contributed by atoms with E-state index >= 15 is 0 Å². The molecule has 6 rings (SSSR count). The number of hydrogen-bond donors (Lipinski definition) is 2. The number of oxazole rings is 1. The van der Waals surface area contributed by atoms with Crippen LogP contribution in [0.15, 0.2) is 45.6 Å². The summed E-state index contributed by atoms with van der Waals surface area (Å²) in [5.41, 5.74) is 5.53. The number of H-pyrrole nitrogens is 1. The summed E-state index contributed by atoms with van der Waals surface area (Å²) in [5, 5.41) is 3.63. The maximum absolute atomic E-state index is 13.2. The van der Waals surface area contributed by atoms with E-state index in [-0.39, 0.29) is 11.9 Å². The maximum Gasteiger partial charge on any atom is 0.417 e. The molecule has 1 aliphatic carbocycles. The lowest BCUT2D eigenvalue weighted by atomic mass is 9.61. The number of nitrogens with zero attached hydrogens (tertiary/aromatic N) is 2. The molecule has 7 nitrogen and oxygen atoms in total. The number of likely N-dealkylation sites (tertiary alicyclic amines) is 1. The lowest BCUT2D eigenvalue weighted by Crippen LogP contribution is -2.63. The van der Waals surface area contributed by atoms with Crippen molar-refractivity contribution in [3.8, 4) is 0 Å². The molecule has 31 heavy (non-hydrogen) atoms. The quantitative estimate of drug-likeness (QED) is 0.679. The third-order valence-corrected chi connectivity index (χ3v) is 7.24. The molecule has 1 aromatic heterocycles. The molecule has 2 aliphatic heterocycles. The number of nitrogens with one attached hydrogen (secondary N) is 2. The average molecular weight is 418 g/mol. The molecule has 0 bridgehead atoms. The lowest BCUT2D eigenvalue weighted by molar-refractivity contribution is -0.0513. The summed E-state index contributed by atoms with van der Waals surface area (Å²) in [4.78, 5) is 31.5. The first-order valence-electron chi connectivity index (χ1n) is 10.9. The summed E-state index contributed by atoms with van der Waals surface area (Å²) in [5.74, 6) is -0.417. The van der Waals surface area contributed by atoms with E-state index in [0.29, 0.717) is 29.1 Å². The molecule has 2 aromatic carbocycles. The van der Waals surface area contributed by atoms with Gasteiger partial charge in [-0.2, -0.15) is 0 Å². The van der Waals surface area contributed by atoms with E-state index in [1.165, 1.54) is 25.9 Å². The zero-order valence-electron chi connectivity index (χ0n) is 17.8. The van der Waals surface area contributed by atoms with Crippen molar-refractivity contribution in [2.45, 2.75) is 38.4 Å². The molecule has 1 saturated heterocycles. The number of fused-ring (bicyclic) bond motifs is 2. The minimum Gasteiger partial charge on any atom is -0.408 e. The van der Waals surface area contributed by atoms with Gasteiger partial charge >= 0.3 is 5.76 Å². The molecule has 3 aromatic rings. The Labute approximate surface area is 180 Å². The Morgan fingerprint density at radius 2 is 1.97 bits per heavy atom. The maximum atomic E-state index is 13.2. The van der Waals surface area contributed by atoms with Crippen LogP contribution < -0.4 is 11.1 Å². The molecular weight excluding hydrogens is 392 g/mol. The predicted octanol–water partition coefficient (Wildman–Crippen LogP) is 3.34. The molecule has 3 aliphatic rings. The lowest BCUT2D eigenvalue weighted by Gasteiger charge is -2.58. The summed E-state index contributed by atoms with van der Waals surface area (Å²) in [7, 11) is 2.18. The summed E-state index contributed by atoms with van der Waals surface area (Å²) in [6, 6.07) is 12.3. The monoisotopic (exact) mass is 418 g/mol. The number of amides is 1. The van der Waals surface area contributed by atoms with Crippen molar-refractivity contribution in [2.75, 3.05) is 25.5 Å². The van der Waals surface area contributed by atoms with Crippen LogP contribution >= 0.6 is 0 Å². The molecule has 1 unspecified atom stereocenters. The molecular formula is C24H26N4O3. The SMILES string of the molecule is CC1c2ccc(NC3CC4(C3)CN(C)C4)cc2C(=O)N1Cc1ccc2[nH]c(=O)oc2c1. The minimum absolute atomic E-state index is 0.00275. The van der Waals surface area contributed by atoms with Crippen LogP contribution in [0.3, 0.4) is 0 Å². The fraction of sp³-hybridized carbons (Fsp3) is 0.417. The fourth-order valence-corrected chi connectivity index (χ4v) is 5.87. The van der Waals surface area contributed by atoms with Gasteiger partial charge in [-0.25, -0.2) is 4.79 Å². The molecule has 160 valence electrons. The predicted molar refractivity (Wildman–Crippen MR) is 118 cm³/mol. The van der Waals surface area contributed by atoms with Gasteiger partial charge in [-0.1, -0.05) is 12.1 Å². The largest absolute Gasteiger partial charge is 0.417 e. The Balaban J connectivity index is 1.18. The second-order valence-corrected chi connectivity index (χ2v) is 9.68. The zero-order valence-corrected chi connectivity index (χ0v) is 17.8. The van der Waals surface area contributed by atoms with Crippen molar-refractivity contribution in [3.05, 3.63) is 63.6 Å². The van der Waals surface area contributed by atoms with E-state index < -0.39 is 5.76 Å². The van der Waals surface area contributed by atoms with Crippen LogP contribution in [0.2, 0.25) is 0 Å². The number of aromatic amines is 1. The Morgan fingerprint density at radius 1 is 1.16 bits per heavy atom. The fourth-order valence-electron chi connectivity index (χ4n) is 5.87. The van der Waals surface area contributed by atoms with Crippen LogP contribution in [0.5, 0.6) is 0 Å². The number of rotatable bonds is 4. The third-order valence-electron chi connectivity index (χ3n) is 7.24. The van der Waals surface area contributed by atoms with Crippen molar-refractivity contribution >= 4 is 22.7 Å². The zero-order chi connectivity index (χ0) is 21.3. The van der Waals surface area contributed by atoms with E-state index in [2.05, 4.69) is 41.3 Å². The summed E-state index contributed by atoms with van der Waals surface area (Å²) in [6.07, 6.45) is 2.42. The highest BCUT2D eigenvalue weighted by Gasteiger charge is 2.51. The van der Waals surface area contributed by atoms with Gasteiger partial charge < -0.3 is 19.5 Å². The van der Waals surface area contributed by atoms with Gasteiger partial charge in [0.1, 0.15) is 0 Å². The van der Waals surface area contributed by atoms with Crippen molar-refractivity contribution < 1.29 is 9.21 Å². The van der Waals surface area contributed by atoms with Gasteiger partial charge in [0.2, 0.25) is 0 Å². The van der Waals surface area contributed by atoms with Gasteiger partial charge in [0.05, 0.1) is 11.6 Å². The molecule has 2 fully saturated rings. The van der Waals surface area contributed by atoms with Crippen LogP contribution in [-0.4, -0.2) is 46.9 Å². The first-order chi connectivity index (χ1) is 14.9. The number of carbonyl (C=O) groups excluding carboxylic acids is 1. The summed E-state index contributed by atoms with van der Waals surface area (Å²) < 4.78 is 5.16. The standard InChI is InChI=1S/C24H26N4O3/c1-14-18-5-4-16(25-17-9-24(10-17)12-27(2)13-24)8-19(18)22(29)28(14)11-15-3-6-20-21(7-15)31-23(30)26-20/h3-8,14,17,25H,9-13H2,1-2H3,(H,26,30). The first kappa shape index (κ1) is 18.7. The average Bonchev–Trinajstić information content (AvgIpc) is 3.17. The minimum atomic E-state index is -0.466. The van der Waals surface area contributed by atoms with Crippen molar-refractivity contribution in [2.24, 2.45) is 5.41 Å². The second kappa shape index (κ2) is 6.47. The van der Waals surface area contributed by atoms with Gasteiger partial charge in [-0.3, -0.25) is 9.78 Å². The molecule has 3 heterocycles. The van der Waals surface area contributed by atoms with E-state index in [4.69, 9.17) is 4.42 Å². The van der Waals surface area contributed by atoms with E-state index in [1.807, 2.05) is 29.2 Å². The summed E-state index contributed by atoms with van der Waals surface area (Å²) in [6.45, 7) is 4.95. The summed E-state index contributed by atoms with van der Waals surface area (Å²) >= 11 is 0. The number of aromatic nitrogens is 1. The highest BCUT2D eigenvalue weighted by molar-refractivity contribution is 6.00. The van der Waals surface area contributed by atoms with Gasteiger partial charge in [-0.15, -0.1) is 0 Å². The van der Waals surface area contributed by atoms with E-state index in [1.54, 1.807) is 0 Å². The first-order valence-corrected chi connectivity index (χ1v) is 10.9. The Hall–Kier alpha value is -3.06. The molecule has 0 radical (unpaired) electrons. The van der Waals surface area contributed by atoms with Gasteiger partial charge in [0, 0.05) is 36.9 Å². The number of anilines is 1. The molecule has 1 atom stereocenters. The van der Waals surface area contributed by atoms with Gasteiger partial charge in [-0.05, 0) is 67.6 Å². The Bertz CT molecular complexity index is 1250. The van der Waals surface area contributed by atoms with Crippen LogP contribution in [0.25, 0.3) is 11.1 Å². The van der Waals surface area contributed by atoms with Crippen molar-refractivity contribution in [1.82, 2.24) is 14.8 Å². The second-order valence-electron chi connectivity index (χ2n) is 9.68. The van der Waals surface area contributed by atoms with E-state index in [0.717, 1.165) is 22.4 Å². The normalized spacial score (nSPS) is 22.6. The van der Waals surface area contributed by atoms with Crippen molar-refractivity contribution in [1.29, 1.82) is 0 Å². The molecule has 7 heteroatoms. The van der Waals surface area contributed by atoms with Crippen LogP contribution in [0.4, 0.5) is 5.69 Å². The van der Waals surface area contributed by atoms with Crippen LogP contribution in [0, 0.1) is 5.41 Å².